The molecule has 0 radical (unpaired) electrons. The van der Waals surface area contributed by atoms with E-state index in [0.717, 1.165) is 27.6 Å². The third kappa shape index (κ3) is 3.92. The summed E-state index contributed by atoms with van der Waals surface area (Å²) in [5.74, 6) is 1.46. The summed E-state index contributed by atoms with van der Waals surface area (Å²) in [6.45, 7) is 3.69. The van der Waals surface area contributed by atoms with Crippen molar-refractivity contribution in [2.45, 2.75) is 26.6 Å². The number of nitrogens with one attached hydrogen (secondary N) is 1. The van der Waals surface area contributed by atoms with Crippen LogP contribution in [0.25, 0.3) is 10.8 Å². The minimum Gasteiger partial charge on any atom is -0.489 e. The van der Waals surface area contributed by atoms with Gasteiger partial charge < -0.3 is 10.1 Å². The second kappa shape index (κ2) is 8.27. The number of anilines is 1. The summed E-state index contributed by atoms with van der Waals surface area (Å²) in [5, 5.41) is 18.1. The van der Waals surface area contributed by atoms with E-state index in [9.17, 15) is 0 Å². The van der Waals surface area contributed by atoms with E-state index in [2.05, 4.69) is 39.0 Å². The van der Waals surface area contributed by atoms with Gasteiger partial charge in [0.1, 0.15) is 12.4 Å². The average Bonchev–Trinajstić information content (AvgIpc) is 3.18. The molecule has 0 atom stereocenters. The Bertz CT molecular complexity index is 1100. The largest absolute Gasteiger partial charge is 0.489 e. The first kappa shape index (κ1) is 18.3. The Kier molecular flexibility index (Phi) is 5.39. The van der Waals surface area contributed by atoms with Crippen molar-refractivity contribution in [3.05, 3.63) is 76.8 Å². The summed E-state index contributed by atoms with van der Waals surface area (Å²) in [6, 6.07) is 20.0. The molecule has 0 aliphatic heterocycles. The number of halogens is 1. The Hall–Kier alpha value is -3.12. The number of benzene rings is 3. The lowest BCUT2D eigenvalue weighted by Gasteiger charge is -2.15. The second-order valence-corrected chi connectivity index (χ2v) is 6.79. The Morgan fingerprint density at radius 3 is 2.82 bits per heavy atom. The molecule has 4 aromatic rings. The maximum atomic E-state index is 6.16. The third-order valence-corrected chi connectivity index (χ3v) is 4.77. The maximum Gasteiger partial charge on any atom is 0.243 e. The Balaban J connectivity index is 1.62. The van der Waals surface area contributed by atoms with Crippen LogP contribution in [0, 0.1) is 0 Å². The summed E-state index contributed by atoms with van der Waals surface area (Å²) in [7, 11) is 0. The van der Waals surface area contributed by atoms with E-state index in [1.807, 2.05) is 49.4 Å². The Morgan fingerprint density at radius 1 is 1.07 bits per heavy atom. The molecule has 3 aromatic carbocycles. The molecule has 1 aromatic heterocycles. The van der Waals surface area contributed by atoms with Gasteiger partial charge in [-0.3, -0.25) is 0 Å². The molecule has 0 spiro atoms. The van der Waals surface area contributed by atoms with Crippen LogP contribution in [-0.2, 0) is 19.7 Å². The van der Waals surface area contributed by atoms with Crippen molar-refractivity contribution < 1.29 is 4.74 Å². The van der Waals surface area contributed by atoms with Gasteiger partial charge in [-0.2, -0.15) is 0 Å². The maximum absolute atomic E-state index is 6.16. The Labute approximate surface area is 168 Å². The molecule has 4 rings (SSSR count). The first-order valence-electron chi connectivity index (χ1n) is 9.12. The highest BCUT2D eigenvalue weighted by Crippen LogP contribution is 2.29. The molecular weight excluding hydrogens is 374 g/mol. The van der Waals surface area contributed by atoms with Gasteiger partial charge in [0.05, 0.1) is 0 Å². The van der Waals surface area contributed by atoms with Crippen LogP contribution in [0.15, 0.2) is 60.7 Å². The van der Waals surface area contributed by atoms with Crippen LogP contribution >= 0.6 is 11.6 Å². The fourth-order valence-corrected chi connectivity index (χ4v) is 3.35. The topological polar surface area (TPSA) is 64.9 Å². The highest BCUT2D eigenvalue weighted by molar-refractivity contribution is 6.30. The van der Waals surface area contributed by atoms with Crippen molar-refractivity contribution in [1.29, 1.82) is 0 Å². The predicted octanol–water partition coefficient (Wildman–Crippen LogP) is 4.69. The number of fused-ring (bicyclic) bond motifs is 1. The van der Waals surface area contributed by atoms with Crippen LogP contribution < -0.4 is 10.1 Å². The molecule has 1 heterocycles. The lowest BCUT2D eigenvalue weighted by Crippen LogP contribution is -2.09. The fraction of sp³-hybridized carbons (Fsp3) is 0.190. The molecule has 7 heteroatoms. The number of hydrogen-bond acceptors (Lipinski definition) is 5. The predicted molar refractivity (Wildman–Crippen MR) is 111 cm³/mol. The molecule has 0 unspecified atom stereocenters. The van der Waals surface area contributed by atoms with Crippen LogP contribution in [0.5, 0.6) is 5.75 Å². The smallest absolute Gasteiger partial charge is 0.243 e. The van der Waals surface area contributed by atoms with Gasteiger partial charge in [-0.15, -0.1) is 0 Å². The lowest BCUT2D eigenvalue weighted by atomic mass is 10.0. The van der Waals surface area contributed by atoms with Crippen LogP contribution in [0.2, 0.25) is 5.02 Å². The molecule has 0 amide bonds. The van der Waals surface area contributed by atoms with Gasteiger partial charge in [-0.25, -0.2) is 4.68 Å². The van der Waals surface area contributed by atoms with Crippen molar-refractivity contribution in [2.24, 2.45) is 0 Å². The van der Waals surface area contributed by atoms with Crippen molar-refractivity contribution in [2.75, 3.05) is 5.32 Å². The van der Waals surface area contributed by atoms with Gasteiger partial charge in [-0.1, -0.05) is 59.2 Å². The van der Waals surface area contributed by atoms with E-state index in [1.165, 1.54) is 0 Å². The van der Waals surface area contributed by atoms with Gasteiger partial charge in [0.2, 0.25) is 5.95 Å². The van der Waals surface area contributed by atoms with Crippen LogP contribution in [0.3, 0.4) is 0 Å². The molecule has 0 bridgehead atoms. The summed E-state index contributed by atoms with van der Waals surface area (Å²) in [6.07, 6.45) is 0. The average molecular weight is 394 g/mol. The Morgan fingerprint density at radius 2 is 1.96 bits per heavy atom. The van der Waals surface area contributed by atoms with Crippen LogP contribution in [0.4, 0.5) is 5.95 Å². The van der Waals surface area contributed by atoms with Gasteiger partial charge in [0, 0.05) is 23.7 Å². The lowest BCUT2D eigenvalue weighted by molar-refractivity contribution is 0.304. The molecule has 0 fully saturated rings. The van der Waals surface area contributed by atoms with Crippen molar-refractivity contribution in [3.8, 4) is 5.75 Å². The number of nitrogens with zero attached hydrogens (tertiary/aromatic N) is 4. The minimum atomic E-state index is 0.443. The van der Waals surface area contributed by atoms with Crippen molar-refractivity contribution in [3.63, 3.8) is 0 Å². The second-order valence-electron chi connectivity index (χ2n) is 6.35. The van der Waals surface area contributed by atoms with E-state index in [4.69, 9.17) is 16.3 Å². The van der Waals surface area contributed by atoms with Crippen molar-refractivity contribution in [1.82, 2.24) is 20.2 Å². The molecule has 0 aliphatic rings. The SMILES string of the molecule is CCn1nnnc1NCc1c(OCc2cccc(Cl)c2)ccc2ccccc12. The third-order valence-electron chi connectivity index (χ3n) is 4.54. The first-order valence-corrected chi connectivity index (χ1v) is 9.50. The van der Waals surface area contributed by atoms with Crippen LogP contribution in [0.1, 0.15) is 18.1 Å². The zero-order chi connectivity index (χ0) is 19.3. The molecule has 1 N–H and O–H groups in total. The van der Waals surface area contributed by atoms with Crippen molar-refractivity contribution >= 4 is 28.3 Å². The summed E-state index contributed by atoms with van der Waals surface area (Å²) in [5.41, 5.74) is 2.08. The van der Waals surface area contributed by atoms with E-state index in [0.29, 0.717) is 30.7 Å². The zero-order valence-electron chi connectivity index (χ0n) is 15.5. The monoisotopic (exact) mass is 393 g/mol. The van der Waals surface area contributed by atoms with E-state index < -0.39 is 0 Å². The highest BCUT2D eigenvalue weighted by Gasteiger charge is 2.11. The molecule has 0 saturated heterocycles. The van der Waals surface area contributed by atoms with Gasteiger partial charge in [0.25, 0.3) is 0 Å². The number of aromatic nitrogens is 4. The summed E-state index contributed by atoms with van der Waals surface area (Å²) >= 11 is 6.08. The number of tetrazole rings is 1. The molecule has 142 valence electrons. The van der Waals surface area contributed by atoms with E-state index in [1.54, 1.807) is 4.68 Å². The quantitative estimate of drug-likeness (QED) is 0.493. The zero-order valence-corrected chi connectivity index (χ0v) is 16.2. The van der Waals surface area contributed by atoms with E-state index in [-0.39, 0.29) is 0 Å². The van der Waals surface area contributed by atoms with E-state index >= 15 is 0 Å². The molecular formula is C21H20ClN5O. The number of ether oxygens (including phenoxy) is 1. The summed E-state index contributed by atoms with van der Waals surface area (Å²) < 4.78 is 7.88. The number of aryl methyl sites for hydroxylation is 1. The standard InChI is InChI=1S/C21H20ClN5O/c1-2-27-21(24-25-26-27)23-13-19-18-9-4-3-7-16(18)10-11-20(19)28-14-15-6-5-8-17(22)12-15/h3-12H,2,13-14H2,1H3,(H,23,24,26). The molecule has 0 saturated carbocycles. The molecule has 6 nitrogen and oxygen atoms in total. The molecule has 28 heavy (non-hydrogen) atoms. The van der Waals surface area contributed by atoms with Gasteiger partial charge >= 0.3 is 0 Å². The highest BCUT2D eigenvalue weighted by atomic mass is 35.5. The van der Waals surface area contributed by atoms with Gasteiger partial charge in [-0.05, 0) is 51.9 Å². The number of hydrogen-bond donors (Lipinski definition) is 1. The summed E-state index contributed by atoms with van der Waals surface area (Å²) in [4.78, 5) is 0. The number of rotatable bonds is 7. The van der Waals surface area contributed by atoms with Crippen LogP contribution in [-0.4, -0.2) is 20.2 Å². The molecule has 0 aliphatic carbocycles. The first-order chi connectivity index (χ1) is 13.7. The van der Waals surface area contributed by atoms with Gasteiger partial charge in [0.15, 0.2) is 0 Å². The minimum absolute atomic E-state index is 0.443. The fourth-order valence-electron chi connectivity index (χ4n) is 3.13. The normalized spacial score (nSPS) is 10.9.